The van der Waals surface area contributed by atoms with Crippen LogP contribution in [-0.2, 0) is 19.3 Å². The number of hydrogen-bond acceptors (Lipinski definition) is 4. The number of para-hydroxylation sites is 2. The number of aryl methyl sites for hydroxylation is 2. The molecule has 36 heavy (non-hydrogen) atoms. The van der Waals surface area contributed by atoms with Gasteiger partial charge in [0.2, 0.25) is 0 Å². The Labute approximate surface area is 216 Å². The molecule has 1 aliphatic heterocycles. The van der Waals surface area contributed by atoms with E-state index in [0.717, 1.165) is 49.8 Å². The Morgan fingerprint density at radius 1 is 0.778 bits per heavy atom. The van der Waals surface area contributed by atoms with Gasteiger partial charge in [-0.25, -0.2) is 0 Å². The zero-order chi connectivity index (χ0) is 25.5. The molecule has 0 saturated heterocycles. The summed E-state index contributed by atoms with van der Waals surface area (Å²) in [6.07, 6.45) is 6.38. The molecule has 5 nitrogen and oxygen atoms in total. The number of phenolic OH excluding ortho intramolecular Hbond substituents is 1. The summed E-state index contributed by atoms with van der Waals surface area (Å²) in [5.41, 5.74) is 7.90. The summed E-state index contributed by atoms with van der Waals surface area (Å²) < 4.78 is 0. The second kappa shape index (κ2) is 12.1. The lowest BCUT2D eigenvalue weighted by molar-refractivity contribution is 0.402. The zero-order valence-corrected chi connectivity index (χ0v) is 22.2. The summed E-state index contributed by atoms with van der Waals surface area (Å²) in [7, 11) is 8.39. The highest BCUT2D eigenvalue weighted by Crippen LogP contribution is 2.35. The van der Waals surface area contributed by atoms with E-state index in [9.17, 15) is 5.11 Å². The SMILES string of the molecule is CN(C)CCCN1c2ccccc2CCc2ccccc21.CN(C)CCc1c[nH]c2cccc(O)c12. The normalized spacial score (nSPS) is 12.8. The number of aromatic amines is 1. The van der Waals surface area contributed by atoms with Crippen molar-refractivity contribution in [2.45, 2.75) is 25.7 Å². The first-order valence-corrected chi connectivity index (χ1v) is 12.9. The molecular weight excluding hydrogens is 444 g/mol. The average molecular weight is 485 g/mol. The summed E-state index contributed by atoms with van der Waals surface area (Å²) in [5, 5.41) is 10.7. The van der Waals surface area contributed by atoms with E-state index < -0.39 is 0 Å². The Bertz CT molecular complexity index is 1210. The molecule has 0 atom stereocenters. The van der Waals surface area contributed by atoms with Crippen molar-refractivity contribution in [1.29, 1.82) is 0 Å². The van der Waals surface area contributed by atoms with Crippen molar-refractivity contribution in [2.24, 2.45) is 0 Å². The Kier molecular flexibility index (Phi) is 8.68. The van der Waals surface area contributed by atoms with Crippen LogP contribution in [0.5, 0.6) is 5.75 Å². The van der Waals surface area contributed by atoms with E-state index in [1.54, 1.807) is 6.07 Å². The highest BCUT2D eigenvalue weighted by Gasteiger charge is 2.19. The van der Waals surface area contributed by atoms with E-state index in [1.165, 1.54) is 34.5 Å². The first kappa shape index (κ1) is 25.8. The van der Waals surface area contributed by atoms with Crippen LogP contribution in [0, 0.1) is 0 Å². The van der Waals surface area contributed by atoms with Crippen LogP contribution in [-0.4, -0.2) is 67.7 Å². The molecule has 0 aliphatic carbocycles. The van der Waals surface area contributed by atoms with Crippen molar-refractivity contribution in [3.63, 3.8) is 0 Å². The minimum absolute atomic E-state index is 0.363. The maximum atomic E-state index is 9.77. The van der Waals surface area contributed by atoms with E-state index in [4.69, 9.17) is 0 Å². The molecule has 0 spiro atoms. The van der Waals surface area contributed by atoms with Gasteiger partial charge in [-0.2, -0.15) is 0 Å². The summed E-state index contributed by atoms with van der Waals surface area (Å²) in [5.74, 6) is 0.363. The van der Waals surface area contributed by atoms with Gasteiger partial charge in [-0.3, -0.25) is 0 Å². The van der Waals surface area contributed by atoms with E-state index in [0.29, 0.717) is 5.75 Å². The molecule has 1 aliphatic rings. The fraction of sp³-hybridized carbons (Fsp3) is 0.355. The van der Waals surface area contributed by atoms with Crippen molar-refractivity contribution in [3.8, 4) is 5.75 Å². The average Bonchev–Trinajstić information content (AvgIpc) is 3.22. The van der Waals surface area contributed by atoms with Gasteiger partial charge in [-0.05, 0) is 101 Å². The second-order valence-corrected chi connectivity index (χ2v) is 10.1. The minimum Gasteiger partial charge on any atom is -0.507 e. The molecule has 0 saturated carbocycles. The van der Waals surface area contributed by atoms with Gasteiger partial charge < -0.3 is 24.8 Å². The van der Waals surface area contributed by atoms with Crippen LogP contribution >= 0.6 is 0 Å². The molecule has 0 unspecified atom stereocenters. The predicted molar refractivity (Wildman–Crippen MR) is 153 cm³/mol. The molecule has 5 rings (SSSR count). The van der Waals surface area contributed by atoms with Crippen LogP contribution in [0.15, 0.2) is 72.9 Å². The van der Waals surface area contributed by atoms with Crippen LogP contribution < -0.4 is 4.90 Å². The lowest BCUT2D eigenvalue weighted by atomic mass is 10.0. The summed E-state index contributed by atoms with van der Waals surface area (Å²) >= 11 is 0. The zero-order valence-electron chi connectivity index (χ0n) is 22.2. The number of hydrogen-bond donors (Lipinski definition) is 2. The van der Waals surface area contributed by atoms with Crippen molar-refractivity contribution in [1.82, 2.24) is 14.8 Å². The van der Waals surface area contributed by atoms with E-state index in [1.807, 2.05) is 18.3 Å². The third kappa shape index (κ3) is 6.28. The van der Waals surface area contributed by atoms with Gasteiger partial charge in [0.25, 0.3) is 0 Å². The molecule has 0 fully saturated rings. The predicted octanol–water partition coefficient (Wildman–Crippen LogP) is 5.85. The summed E-state index contributed by atoms with van der Waals surface area (Å²) in [6, 6.07) is 23.3. The number of anilines is 2. The number of aromatic nitrogens is 1. The van der Waals surface area contributed by atoms with Gasteiger partial charge in [-0.1, -0.05) is 42.5 Å². The van der Waals surface area contributed by atoms with Crippen LogP contribution in [0.1, 0.15) is 23.1 Å². The van der Waals surface area contributed by atoms with Gasteiger partial charge in [0.15, 0.2) is 0 Å². The Morgan fingerprint density at radius 3 is 2.00 bits per heavy atom. The second-order valence-electron chi connectivity index (χ2n) is 10.1. The Morgan fingerprint density at radius 2 is 1.39 bits per heavy atom. The first-order chi connectivity index (χ1) is 17.4. The topological polar surface area (TPSA) is 45.7 Å². The van der Waals surface area contributed by atoms with Gasteiger partial charge in [-0.15, -0.1) is 0 Å². The molecule has 190 valence electrons. The lowest BCUT2D eigenvalue weighted by Gasteiger charge is -2.27. The molecular formula is C31H40N4O. The number of likely N-dealkylation sites (N-methyl/N-ethyl adjacent to an activating group) is 1. The number of nitrogens with one attached hydrogen (secondary N) is 1. The number of rotatable bonds is 7. The monoisotopic (exact) mass is 484 g/mol. The molecule has 2 N–H and O–H groups in total. The highest BCUT2D eigenvalue weighted by molar-refractivity contribution is 5.89. The molecule has 0 amide bonds. The van der Waals surface area contributed by atoms with E-state index >= 15 is 0 Å². The van der Waals surface area contributed by atoms with Crippen LogP contribution in [0.4, 0.5) is 11.4 Å². The molecule has 1 aromatic heterocycles. The number of phenols is 1. The third-order valence-corrected chi connectivity index (χ3v) is 6.81. The third-order valence-electron chi connectivity index (χ3n) is 6.81. The number of nitrogens with zero attached hydrogens (tertiary/aromatic N) is 3. The van der Waals surface area contributed by atoms with Crippen LogP contribution in [0.3, 0.4) is 0 Å². The molecule has 0 bridgehead atoms. The summed E-state index contributed by atoms with van der Waals surface area (Å²) in [4.78, 5) is 10.1. The van der Waals surface area contributed by atoms with E-state index in [2.05, 4.69) is 96.4 Å². The molecule has 2 heterocycles. The van der Waals surface area contributed by atoms with Crippen molar-refractivity contribution in [3.05, 3.63) is 89.6 Å². The molecule has 4 aromatic rings. The Hall–Kier alpha value is -3.28. The van der Waals surface area contributed by atoms with Gasteiger partial charge in [0, 0.05) is 41.6 Å². The lowest BCUT2D eigenvalue weighted by Crippen LogP contribution is -2.23. The van der Waals surface area contributed by atoms with Gasteiger partial charge in [0.05, 0.1) is 0 Å². The molecule has 5 heteroatoms. The summed E-state index contributed by atoms with van der Waals surface area (Å²) in [6.45, 7) is 3.19. The van der Waals surface area contributed by atoms with E-state index in [-0.39, 0.29) is 0 Å². The number of aromatic hydroxyl groups is 1. The smallest absolute Gasteiger partial charge is 0.125 e. The fourth-order valence-electron chi connectivity index (χ4n) is 4.93. The number of H-pyrrole nitrogens is 1. The standard InChI is InChI=1S/C19H24N2.C12H16N2O/c1-20(2)14-7-15-21-18-10-5-3-8-16(18)12-13-17-9-4-6-11-19(17)21;1-14(2)7-6-9-8-13-10-4-3-5-11(15)12(9)10/h3-6,8-11H,7,12-15H2,1-2H3;3-5,8,13,15H,6-7H2,1-2H3. The number of benzene rings is 3. The fourth-order valence-corrected chi connectivity index (χ4v) is 4.93. The van der Waals surface area contributed by atoms with Crippen LogP contribution in [0.2, 0.25) is 0 Å². The Balaban J connectivity index is 0.000000179. The van der Waals surface area contributed by atoms with Gasteiger partial charge in [0.1, 0.15) is 5.75 Å². The minimum atomic E-state index is 0.363. The van der Waals surface area contributed by atoms with Gasteiger partial charge >= 0.3 is 0 Å². The quantitative estimate of drug-likeness (QED) is 0.345. The van der Waals surface area contributed by atoms with Crippen molar-refractivity contribution >= 4 is 22.3 Å². The molecule has 3 aromatic carbocycles. The maximum absolute atomic E-state index is 9.77. The highest BCUT2D eigenvalue weighted by atomic mass is 16.3. The maximum Gasteiger partial charge on any atom is 0.125 e. The largest absolute Gasteiger partial charge is 0.507 e. The van der Waals surface area contributed by atoms with Crippen molar-refractivity contribution in [2.75, 3.05) is 52.7 Å². The first-order valence-electron chi connectivity index (χ1n) is 12.9. The van der Waals surface area contributed by atoms with Crippen LogP contribution in [0.25, 0.3) is 10.9 Å². The molecule has 0 radical (unpaired) electrons. The number of fused-ring (bicyclic) bond motifs is 3. The van der Waals surface area contributed by atoms with Crippen molar-refractivity contribution < 1.29 is 5.11 Å².